The highest BCUT2D eigenvalue weighted by Gasteiger charge is 2.88. The molecule has 1 spiro atoms. The second kappa shape index (κ2) is 1.91. The second-order valence-electron chi connectivity index (χ2n) is 5.95. The summed E-state index contributed by atoms with van der Waals surface area (Å²) in [5.41, 5.74) is 6.57. The highest BCUT2D eigenvalue weighted by molar-refractivity contribution is 5.41. The van der Waals surface area contributed by atoms with Gasteiger partial charge in [0.2, 0.25) is 0 Å². The molecule has 3 unspecified atom stereocenters. The summed E-state index contributed by atoms with van der Waals surface area (Å²) in [7, 11) is 0. The first-order valence-corrected chi connectivity index (χ1v) is 5.76. The maximum atomic E-state index is 9.67. The Labute approximate surface area is 83.3 Å². The van der Waals surface area contributed by atoms with E-state index in [0.29, 0.717) is 0 Å². The number of hydrogen-bond donors (Lipinski definition) is 3. The third kappa shape index (κ3) is 0.522. The van der Waals surface area contributed by atoms with Crippen molar-refractivity contribution < 1.29 is 10.2 Å². The van der Waals surface area contributed by atoms with E-state index in [9.17, 15) is 10.2 Å². The molecule has 3 heteroatoms. The maximum absolute atomic E-state index is 9.67. The van der Waals surface area contributed by atoms with E-state index in [0.717, 1.165) is 30.6 Å². The van der Waals surface area contributed by atoms with Gasteiger partial charge in [0, 0.05) is 5.54 Å². The maximum Gasteiger partial charge on any atom is 0.0805 e. The quantitative estimate of drug-likeness (QED) is 0.504. The molecule has 0 aromatic carbocycles. The van der Waals surface area contributed by atoms with Gasteiger partial charge in [-0.2, -0.15) is 0 Å². The summed E-state index contributed by atoms with van der Waals surface area (Å²) < 4.78 is 0. The van der Waals surface area contributed by atoms with Crippen LogP contribution in [0.1, 0.15) is 25.7 Å². The first-order chi connectivity index (χ1) is 6.61. The molecule has 4 saturated carbocycles. The molecule has 0 amide bonds. The van der Waals surface area contributed by atoms with E-state index < -0.39 is 12.2 Å². The molecule has 3 nitrogen and oxygen atoms in total. The molecule has 4 aliphatic rings. The smallest absolute Gasteiger partial charge is 0.0805 e. The zero-order valence-corrected chi connectivity index (χ0v) is 8.19. The molecule has 0 saturated heterocycles. The van der Waals surface area contributed by atoms with Crippen LogP contribution in [0.5, 0.6) is 0 Å². The van der Waals surface area contributed by atoms with Gasteiger partial charge in [-0.25, -0.2) is 0 Å². The average molecular weight is 195 g/mol. The fraction of sp³-hybridized carbons (Fsp3) is 1.00. The molecule has 7 atom stereocenters. The summed E-state index contributed by atoms with van der Waals surface area (Å²) in [4.78, 5) is 0. The van der Waals surface area contributed by atoms with E-state index in [-0.39, 0.29) is 11.0 Å². The van der Waals surface area contributed by atoms with Crippen molar-refractivity contribution >= 4 is 0 Å². The van der Waals surface area contributed by atoms with Crippen molar-refractivity contribution in [3.8, 4) is 0 Å². The van der Waals surface area contributed by atoms with Crippen LogP contribution in [0.3, 0.4) is 0 Å². The normalized spacial score (nSPS) is 73.5. The van der Waals surface area contributed by atoms with E-state index in [1.54, 1.807) is 0 Å². The van der Waals surface area contributed by atoms with Gasteiger partial charge >= 0.3 is 0 Å². The lowest BCUT2D eigenvalue weighted by atomic mass is 9.53. The van der Waals surface area contributed by atoms with Crippen molar-refractivity contribution in [3.05, 3.63) is 0 Å². The third-order valence-electron chi connectivity index (χ3n) is 5.87. The molecular weight excluding hydrogens is 178 g/mol. The molecule has 4 aliphatic carbocycles. The molecular formula is C11H17NO2. The Hall–Kier alpha value is -0.120. The highest BCUT2D eigenvalue weighted by Crippen LogP contribution is 2.85. The Balaban J connectivity index is 1.74. The van der Waals surface area contributed by atoms with Crippen molar-refractivity contribution in [2.75, 3.05) is 0 Å². The SMILES string of the molecule is N[C@]12C3[C@@H](CC[C@@H]31)C21CC(O)[C@H](O)C1. The Kier molecular flexibility index (Phi) is 1.10. The van der Waals surface area contributed by atoms with Gasteiger partial charge in [0.15, 0.2) is 0 Å². The predicted molar refractivity (Wildman–Crippen MR) is 50.3 cm³/mol. The van der Waals surface area contributed by atoms with Gasteiger partial charge in [-0.15, -0.1) is 0 Å². The first kappa shape index (κ1) is 8.08. The summed E-state index contributed by atoms with van der Waals surface area (Å²) >= 11 is 0. The zero-order chi connectivity index (χ0) is 9.72. The topological polar surface area (TPSA) is 66.5 Å². The summed E-state index contributed by atoms with van der Waals surface area (Å²) in [6.07, 6.45) is 3.05. The van der Waals surface area contributed by atoms with E-state index in [1.165, 1.54) is 12.8 Å². The minimum atomic E-state index is -0.516. The number of nitrogens with two attached hydrogens (primary N) is 1. The fourth-order valence-electron chi connectivity index (χ4n) is 5.39. The van der Waals surface area contributed by atoms with E-state index in [4.69, 9.17) is 5.73 Å². The van der Waals surface area contributed by atoms with Crippen LogP contribution in [-0.2, 0) is 0 Å². The van der Waals surface area contributed by atoms with Gasteiger partial charge in [-0.3, -0.25) is 0 Å². The van der Waals surface area contributed by atoms with Crippen molar-refractivity contribution in [2.45, 2.75) is 43.4 Å². The Morgan fingerprint density at radius 1 is 1.00 bits per heavy atom. The van der Waals surface area contributed by atoms with Crippen molar-refractivity contribution in [3.63, 3.8) is 0 Å². The Morgan fingerprint density at radius 2 is 1.57 bits per heavy atom. The van der Waals surface area contributed by atoms with Gasteiger partial charge in [0.05, 0.1) is 12.2 Å². The van der Waals surface area contributed by atoms with Crippen LogP contribution < -0.4 is 5.73 Å². The minimum absolute atomic E-state index is 0.0222. The van der Waals surface area contributed by atoms with Gasteiger partial charge in [-0.05, 0) is 48.9 Å². The largest absolute Gasteiger partial charge is 0.390 e. The molecule has 0 bridgehead atoms. The molecule has 4 N–H and O–H groups in total. The summed E-state index contributed by atoms with van der Waals surface area (Å²) in [6, 6.07) is 0. The predicted octanol–water partition coefficient (Wildman–Crippen LogP) is -0.145. The Morgan fingerprint density at radius 3 is 2.07 bits per heavy atom. The van der Waals surface area contributed by atoms with E-state index in [2.05, 4.69) is 0 Å². The lowest BCUT2D eigenvalue weighted by Crippen LogP contribution is -2.61. The molecule has 0 aromatic rings. The molecule has 14 heavy (non-hydrogen) atoms. The van der Waals surface area contributed by atoms with Crippen molar-refractivity contribution in [1.82, 2.24) is 0 Å². The molecule has 0 aromatic heterocycles. The van der Waals surface area contributed by atoms with Crippen LogP contribution in [0.2, 0.25) is 0 Å². The molecule has 0 heterocycles. The summed E-state index contributed by atoms with van der Waals surface area (Å²) in [6.45, 7) is 0. The van der Waals surface area contributed by atoms with E-state index >= 15 is 0 Å². The lowest BCUT2D eigenvalue weighted by Gasteiger charge is -2.54. The molecule has 4 fully saturated rings. The minimum Gasteiger partial charge on any atom is -0.390 e. The number of rotatable bonds is 0. The van der Waals surface area contributed by atoms with Gasteiger partial charge in [0.25, 0.3) is 0 Å². The van der Waals surface area contributed by atoms with E-state index in [1.807, 2.05) is 0 Å². The molecule has 0 radical (unpaired) electrons. The lowest BCUT2D eigenvalue weighted by molar-refractivity contribution is -0.0299. The van der Waals surface area contributed by atoms with Crippen molar-refractivity contribution in [1.29, 1.82) is 0 Å². The number of aliphatic hydroxyl groups excluding tert-OH is 2. The monoisotopic (exact) mass is 195 g/mol. The summed E-state index contributed by atoms with van der Waals surface area (Å²) in [5.74, 6) is 2.20. The molecule has 0 aliphatic heterocycles. The Bertz CT molecular complexity index is 302. The third-order valence-corrected chi connectivity index (χ3v) is 5.87. The molecule has 4 rings (SSSR count). The average Bonchev–Trinajstić information content (AvgIpc) is 2.54. The second-order valence-corrected chi connectivity index (χ2v) is 5.95. The van der Waals surface area contributed by atoms with Crippen LogP contribution >= 0.6 is 0 Å². The number of fused-ring (bicyclic) bond motifs is 3. The zero-order valence-electron chi connectivity index (χ0n) is 8.19. The fourth-order valence-corrected chi connectivity index (χ4v) is 5.39. The summed E-state index contributed by atoms with van der Waals surface area (Å²) in [5, 5.41) is 19.3. The van der Waals surface area contributed by atoms with Crippen LogP contribution in [0.25, 0.3) is 0 Å². The van der Waals surface area contributed by atoms with Crippen LogP contribution in [0, 0.1) is 23.2 Å². The van der Waals surface area contributed by atoms with Crippen LogP contribution in [0.4, 0.5) is 0 Å². The van der Waals surface area contributed by atoms with Crippen LogP contribution in [-0.4, -0.2) is 28.0 Å². The molecule has 78 valence electrons. The standard InChI is InChI=1S/C11H17NO2/c12-11-6-2-1-5(9(6)11)10(11)3-7(13)8(14)4-10/h5-9,13-14H,1-4,12H2/t5-,6+,7-,8?,9?,10?,11+/m1/s1. The first-order valence-electron chi connectivity index (χ1n) is 5.76. The van der Waals surface area contributed by atoms with Crippen LogP contribution in [0.15, 0.2) is 0 Å². The van der Waals surface area contributed by atoms with Gasteiger partial charge in [-0.1, -0.05) is 0 Å². The highest BCUT2D eigenvalue weighted by atomic mass is 16.3. The van der Waals surface area contributed by atoms with Gasteiger partial charge in [0.1, 0.15) is 0 Å². The number of hydrogen-bond acceptors (Lipinski definition) is 3. The van der Waals surface area contributed by atoms with Crippen molar-refractivity contribution in [2.24, 2.45) is 28.9 Å². The van der Waals surface area contributed by atoms with Gasteiger partial charge < -0.3 is 15.9 Å². The number of aliphatic hydroxyl groups is 2.